The van der Waals surface area contributed by atoms with Crippen LogP contribution in [0.3, 0.4) is 0 Å². The van der Waals surface area contributed by atoms with Gasteiger partial charge in [0.1, 0.15) is 0 Å². The Bertz CT molecular complexity index is 541. The Morgan fingerprint density at radius 3 is 2.75 bits per heavy atom. The Balaban J connectivity index is 1.71. The zero-order valence-corrected chi connectivity index (χ0v) is 12.3. The second kappa shape index (κ2) is 7.28. The van der Waals surface area contributed by atoms with Crippen LogP contribution in [0.1, 0.15) is 18.4 Å². The lowest BCUT2D eigenvalue weighted by Crippen LogP contribution is -2.41. The molecule has 0 unspecified atom stereocenters. The molecular weight excluding hydrogens is 274 g/mol. The Morgan fingerprint density at radius 1 is 1.25 bits per heavy atom. The quantitative estimate of drug-likeness (QED) is 0.766. The first kappa shape index (κ1) is 14.8. The van der Waals surface area contributed by atoms with Gasteiger partial charge in [-0.3, -0.25) is 4.99 Å². The van der Waals surface area contributed by atoms with Gasteiger partial charge in [0.25, 0.3) is 0 Å². The van der Waals surface area contributed by atoms with E-state index in [1.165, 1.54) is 0 Å². The van der Waals surface area contributed by atoms with Crippen LogP contribution in [0.15, 0.2) is 35.3 Å². The molecule has 6 heteroatoms. The monoisotopic (exact) mass is 295 g/mol. The van der Waals surface area contributed by atoms with Crippen LogP contribution in [0.25, 0.3) is 0 Å². The van der Waals surface area contributed by atoms with Crippen LogP contribution in [0.4, 0.5) is 0 Å². The summed E-state index contributed by atoms with van der Waals surface area (Å²) in [6, 6.07) is 9.30. The van der Waals surface area contributed by atoms with Crippen molar-refractivity contribution in [1.29, 1.82) is 0 Å². The lowest BCUT2D eigenvalue weighted by molar-refractivity contribution is 0.591. The van der Waals surface area contributed by atoms with Gasteiger partial charge in [-0.05, 0) is 18.4 Å². The molecule has 1 aromatic carbocycles. The molecule has 0 radical (unpaired) electrons. The molecule has 5 nitrogen and oxygen atoms in total. The standard InChI is InChI=1S/C14H21N3O2S/c18-20(19,12-13-6-2-1-3-7-13)11-5-10-17-14-15-8-4-9-16-14/h1-3,6-7H,4-5,8-12H2,(H2,15,16,17). The lowest BCUT2D eigenvalue weighted by atomic mass is 10.2. The van der Waals surface area contributed by atoms with Crippen LogP contribution in [-0.4, -0.2) is 39.8 Å². The number of aliphatic imine (C=N–C) groups is 1. The minimum Gasteiger partial charge on any atom is -0.356 e. The van der Waals surface area contributed by atoms with Gasteiger partial charge in [-0.15, -0.1) is 0 Å². The molecule has 0 aromatic heterocycles. The highest BCUT2D eigenvalue weighted by atomic mass is 32.2. The van der Waals surface area contributed by atoms with Crippen molar-refractivity contribution in [2.75, 3.05) is 25.4 Å². The number of guanidine groups is 1. The van der Waals surface area contributed by atoms with Crippen LogP contribution in [0.2, 0.25) is 0 Å². The molecule has 20 heavy (non-hydrogen) atoms. The number of hydrogen-bond donors (Lipinski definition) is 2. The van der Waals surface area contributed by atoms with Gasteiger partial charge in [0.05, 0.1) is 11.5 Å². The zero-order valence-electron chi connectivity index (χ0n) is 11.5. The lowest BCUT2D eigenvalue weighted by Gasteiger charge is -2.15. The Kier molecular flexibility index (Phi) is 5.40. The van der Waals surface area contributed by atoms with E-state index in [0.717, 1.165) is 31.0 Å². The van der Waals surface area contributed by atoms with Gasteiger partial charge in [-0.1, -0.05) is 30.3 Å². The summed E-state index contributed by atoms with van der Waals surface area (Å²) < 4.78 is 24.0. The SMILES string of the molecule is O=S(=O)(CCCNC1=NCCCN1)Cc1ccccc1. The number of sulfone groups is 1. The fourth-order valence-electron chi connectivity index (χ4n) is 2.05. The van der Waals surface area contributed by atoms with E-state index in [0.29, 0.717) is 13.0 Å². The first-order valence-electron chi connectivity index (χ1n) is 6.92. The van der Waals surface area contributed by atoms with Crippen molar-refractivity contribution in [3.63, 3.8) is 0 Å². The molecule has 2 rings (SSSR count). The van der Waals surface area contributed by atoms with Crippen molar-refractivity contribution in [3.8, 4) is 0 Å². The van der Waals surface area contributed by atoms with Crippen LogP contribution in [0.5, 0.6) is 0 Å². The second-order valence-corrected chi connectivity index (χ2v) is 7.05. The van der Waals surface area contributed by atoms with E-state index in [1.807, 2.05) is 30.3 Å². The summed E-state index contributed by atoms with van der Waals surface area (Å²) >= 11 is 0. The van der Waals surface area contributed by atoms with Crippen molar-refractivity contribution >= 4 is 15.8 Å². The van der Waals surface area contributed by atoms with Gasteiger partial charge >= 0.3 is 0 Å². The number of hydrogen-bond acceptors (Lipinski definition) is 5. The van der Waals surface area contributed by atoms with Crippen molar-refractivity contribution in [2.24, 2.45) is 4.99 Å². The third kappa shape index (κ3) is 5.21. The molecule has 1 aliphatic rings. The van der Waals surface area contributed by atoms with E-state index in [4.69, 9.17) is 0 Å². The van der Waals surface area contributed by atoms with Gasteiger partial charge in [0.15, 0.2) is 15.8 Å². The maximum absolute atomic E-state index is 12.0. The Hall–Kier alpha value is -1.56. The third-order valence-electron chi connectivity index (χ3n) is 3.05. The van der Waals surface area contributed by atoms with E-state index in [9.17, 15) is 8.42 Å². The molecule has 1 aromatic rings. The van der Waals surface area contributed by atoms with Crippen LogP contribution >= 0.6 is 0 Å². The van der Waals surface area contributed by atoms with Gasteiger partial charge in [0.2, 0.25) is 0 Å². The maximum Gasteiger partial charge on any atom is 0.191 e. The molecule has 0 saturated heterocycles. The molecule has 0 fully saturated rings. The third-order valence-corrected chi connectivity index (χ3v) is 4.74. The summed E-state index contributed by atoms with van der Waals surface area (Å²) in [5.41, 5.74) is 0.846. The molecule has 110 valence electrons. The Morgan fingerprint density at radius 2 is 2.05 bits per heavy atom. The summed E-state index contributed by atoms with van der Waals surface area (Å²) in [5, 5.41) is 6.28. The molecule has 1 heterocycles. The number of rotatable bonds is 6. The minimum absolute atomic E-state index is 0.118. The first-order chi connectivity index (χ1) is 9.66. The van der Waals surface area contributed by atoms with E-state index in [-0.39, 0.29) is 11.5 Å². The molecule has 0 amide bonds. The smallest absolute Gasteiger partial charge is 0.191 e. The highest BCUT2D eigenvalue weighted by Crippen LogP contribution is 2.06. The second-order valence-electron chi connectivity index (χ2n) is 4.87. The van der Waals surface area contributed by atoms with Gasteiger partial charge < -0.3 is 10.6 Å². The number of nitrogens with one attached hydrogen (secondary N) is 2. The van der Waals surface area contributed by atoms with E-state index >= 15 is 0 Å². The van der Waals surface area contributed by atoms with Crippen molar-refractivity contribution in [1.82, 2.24) is 10.6 Å². The predicted octanol–water partition coefficient (Wildman–Crippen LogP) is 0.930. The average molecular weight is 295 g/mol. The van der Waals surface area contributed by atoms with E-state index < -0.39 is 9.84 Å². The van der Waals surface area contributed by atoms with Crippen LogP contribution in [-0.2, 0) is 15.6 Å². The summed E-state index contributed by atoms with van der Waals surface area (Å²) in [4.78, 5) is 4.28. The maximum atomic E-state index is 12.0. The summed E-state index contributed by atoms with van der Waals surface area (Å²) in [7, 11) is -3.04. The zero-order chi connectivity index (χ0) is 14.3. The molecule has 0 bridgehead atoms. The molecule has 2 N–H and O–H groups in total. The van der Waals surface area contributed by atoms with Crippen molar-refractivity contribution in [3.05, 3.63) is 35.9 Å². The molecule has 0 spiro atoms. The minimum atomic E-state index is -3.04. The molecule has 0 aliphatic carbocycles. The summed E-state index contributed by atoms with van der Waals surface area (Å²) in [5.74, 6) is 1.10. The number of nitrogens with zero attached hydrogens (tertiary/aromatic N) is 1. The molecule has 0 atom stereocenters. The van der Waals surface area contributed by atoms with Gasteiger partial charge in [0, 0.05) is 19.6 Å². The van der Waals surface area contributed by atoms with Crippen LogP contribution in [0, 0.1) is 0 Å². The molecular formula is C14H21N3O2S. The highest BCUT2D eigenvalue weighted by molar-refractivity contribution is 7.90. The van der Waals surface area contributed by atoms with E-state index in [1.54, 1.807) is 0 Å². The van der Waals surface area contributed by atoms with Crippen LogP contribution < -0.4 is 10.6 Å². The fraction of sp³-hybridized carbons (Fsp3) is 0.500. The summed E-state index contributed by atoms with van der Waals surface area (Å²) in [6.07, 6.45) is 1.65. The average Bonchev–Trinajstić information content (AvgIpc) is 2.45. The highest BCUT2D eigenvalue weighted by Gasteiger charge is 2.11. The van der Waals surface area contributed by atoms with Crippen molar-refractivity contribution in [2.45, 2.75) is 18.6 Å². The topological polar surface area (TPSA) is 70.6 Å². The first-order valence-corrected chi connectivity index (χ1v) is 8.74. The van der Waals surface area contributed by atoms with Gasteiger partial charge in [-0.2, -0.15) is 0 Å². The molecule has 0 saturated carbocycles. The largest absolute Gasteiger partial charge is 0.356 e. The molecule has 1 aliphatic heterocycles. The normalized spacial score (nSPS) is 15.3. The van der Waals surface area contributed by atoms with E-state index in [2.05, 4.69) is 15.6 Å². The summed E-state index contributed by atoms with van der Waals surface area (Å²) in [6.45, 7) is 2.39. The van der Waals surface area contributed by atoms with Gasteiger partial charge in [-0.25, -0.2) is 8.42 Å². The number of benzene rings is 1. The Labute approximate surface area is 120 Å². The van der Waals surface area contributed by atoms with Crippen molar-refractivity contribution < 1.29 is 8.42 Å². The fourth-order valence-corrected chi connectivity index (χ4v) is 3.48. The predicted molar refractivity (Wildman–Crippen MR) is 81.5 cm³/mol.